The van der Waals surface area contributed by atoms with Gasteiger partial charge >= 0.3 is 0 Å². The van der Waals surface area contributed by atoms with Crippen molar-refractivity contribution in [2.75, 3.05) is 13.1 Å². The highest BCUT2D eigenvalue weighted by Gasteiger charge is 2.43. The molecule has 1 saturated heterocycles. The van der Waals surface area contributed by atoms with Crippen molar-refractivity contribution in [2.45, 2.75) is 44.2 Å². The molecule has 27 heavy (non-hydrogen) atoms. The molecule has 3 heterocycles. The van der Waals surface area contributed by atoms with Crippen LogP contribution in [0.1, 0.15) is 54.8 Å². The van der Waals surface area contributed by atoms with Crippen LogP contribution in [-0.2, 0) is 4.79 Å². The van der Waals surface area contributed by atoms with Gasteiger partial charge in [-0.05, 0) is 31.5 Å². The van der Waals surface area contributed by atoms with E-state index in [-0.39, 0.29) is 17.9 Å². The van der Waals surface area contributed by atoms with Crippen LogP contribution in [0.4, 0.5) is 0 Å². The molecule has 0 bridgehead atoms. The molecule has 2 aromatic rings. The van der Waals surface area contributed by atoms with Crippen molar-refractivity contribution >= 4 is 11.8 Å². The highest BCUT2D eigenvalue weighted by Crippen LogP contribution is 2.44. The lowest BCUT2D eigenvalue weighted by Gasteiger charge is -2.42. The van der Waals surface area contributed by atoms with Gasteiger partial charge in [0, 0.05) is 37.9 Å². The summed E-state index contributed by atoms with van der Waals surface area (Å²) in [7, 11) is 0. The van der Waals surface area contributed by atoms with Gasteiger partial charge in [-0.3, -0.25) is 9.59 Å². The van der Waals surface area contributed by atoms with Crippen molar-refractivity contribution in [1.82, 2.24) is 10.2 Å². The number of fused-ring (bicyclic) bond motifs is 1. The third-order valence-electron chi connectivity index (χ3n) is 5.61. The van der Waals surface area contributed by atoms with E-state index in [1.807, 2.05) is 36.1 Å². The summed E-state index contributed by atoms with van der Waals surface area (Å²) in [6.45, 7) is 3.39. The first-order valence-electron chi connectivity index (χ1n) is 9.50. The van der Waals surface area contributed by atoms with Gasteiger partial charge < -0.3 is 19.4 Å². The number of likely N-dealkylation sites (tertiary alicyclic amines) is 1. The van der Waals surface area contributed by atoms with Crippen molar-refractivity contribution in [3.05, 3.63) is 54.0 Å². The molecule has 2 aliphatic heterocycles. The van der Waals surface area contributed by atoms with Crippen LogP contribution in [0.25, 0.3) is 0 Å². The van der Waals surface area contributed by atoms with Crippen LogP contribution in [0.15, 0.2) is 47.1 Å². The second-order valence-corrected chi connectivity index (χ2v) is 7.25. The van der Waals surface area contributed by atoms with Crippen LogP contribution < -0.4 is 10.1 Å². The molecular formula is C21H24N2O4. The van der Waals surface area contributed by atoms with Gasteiger partial charge in [-0.15, -0.1) is 0 Å². The fourth-order valence-corrected chi connectivity index (χ4v) is 4.11. The zero-order chi connectivity index (χ0) is 18.9. The van der Waals surface area contributed by atoms with Crippen LogP contribution in [0.2, 0.25) is 0 Å². The molecule has 0 saturated carbocycles. The van der Waals surface area contributed by atoms with E-state index in [2.05, 4.69) is 5.32 Å². The number of ether oxygens (including phenoxy) is 1. The van der Waals surface area contributed by atoms with Gasteiger partial charge in [0.2, 0.25) is 5.91 Å². The maximum absolute atomic E-state index is 12.6. The number of nitrogens with zero attached hydrogens (tertiary/aromatic N) is 1. The molecule has 1 N–H and O–H groups in total. The van der Waals surface area contributed by atoms with E-state index in [1.165, 1.54) is 6.26 Å². The Morgan fingerprint density at radius 1 is 1.26 bits per heavy atom. The standard InChI is InChI=1S/C21H24N2O4/c1-2-23-12-11-21(10-9-19(23)24)14-16(15-6-3-4-7-17(15)27-21)22-20(25)18-8-5-13-26-18/h3-8,13,16H,2,9-12,14H2,1H3,(H,22,25)/t16-,21-/m1/s1. The monoisotopic (exact) mass is 368 g/mol. The third-order valence-corrected chi connectivity index (χ3v) is 5.61. The first-order valence-corrected chi connectivity index (χ1v) is 9.50. The van der Waals surface area contributed by atoms with Gasteiger partial charge in [0.1, 0.15) is 11.4 Å². The Labute approximate surface area is 158 Å². The van der Waals surface area contributed by atoms with Crippen LogP contribution in [0.3, 0.4) is 0 Å². The van der Waals surface area contributed by atoms with E-state index in [0.717, 1.165) is 17.7 Å². The summed E-state index contributed by atoms with van der Waals surface area (Å²) in [4.78, 5) is 26.8. The summed E-state index contributed by atoms with van der Waals surface area (Å²) in [5.74, 6) is 1.01. The molecule has 1 fully saturated rings. The number of hydrogen-bond donors (Lipinski definition) is 1. The number of amides is 2. The Hall–Kier alpha value is -2.76. The average molecular weight is 368 g/mol. The molecule has 1 aromatic carbocycles. The number of furan rings is 1. The average Bonchev–Trinajstić information content (AvgIpc) is 3.17. The smallest absolute Gasteiger partial charge is 0.287 e. The van der Waals surface area contributed by atoms with Crippen LogP contribution >= 0.6 is 0 Å². The number of hydrogen-bond acceptors (Lipinski definition) is 4. The lowest BCUT2D eigenvalue weighted by atomic mass is 9.82. The molecule has 2 atom stereocenters. The van der Waals surface area contributed by atoms with E-state index in [9.17, 15) is 9.59 Å². The summed E-state index contributed by atoms with van der Waals surface area (Å²) < 4.78 is 11.7. The Balaban J connectivity index is 1.61. The molecule has 1 aromatic heterocycles. The summed E-state index contributed by atoms with van der Waals surface area (Å²) in [6, 6.07) is 11.0. The molecule has 1 spiro atoms. The molecule has 0 unspecified atom stereocenters. The highest BCUT2D eigenvalue weighted by atomic mass is 16.5. The molecule has 2 amide bonds. The number of carbonyl (C=O) groups excluding carboxylic acids is 2. The molecule has 6 heteroatoms. The Bertz CT molecular complexity index is 832. The molecule has 0 aliphatic carbocycles. The van der Waals surface area contributed by atoms with Gasteiger partial charge in [0.15, 0.2) is 5.76 Å². The minimum absolute atomic E-state index is 0.174. The van der Waals surface area contributed by atoms with E-state index < -0.39 is 5.60 Å². The van der Waals surface area contributed by atoms with Gasteiger partial charge in [0.05, 0.1) is 12.3 Å². The van der Waals surface area contributed by atoms with Crippen molar-refractivity contribution in [2.24, 2.45) is 0 Å². The lowest BCUT2D eigenvalue weighted by molar-refractivity contribution is -0.130. The van der Waals surface area contributed by atoms with E-state index >= 15 is 0 Å². The summed E-state index contributed by atoms with van der Waals surface area (Å²) in [6.07, 6.45) is 4.01. The molecule has 2 aliphatic rings. The summed E-state index contributed by atoms with van der Waals surface area (Å²) >= 11 is 0. The number of carbonyl (C=O) groups is 2. The zero-order valence-corrected chi connectivity index (χ0v) is 15.4. The van der Waals surface area contributed by atoms with E-state index in [4.69, 9.17) is 9.15 Å². The molecular weight excluding hydrogens is 344 g/mol. The second-order valence-electron chi connectivity index (χ2n) is 7.25. The van der Waals surface area contributed by atoms with Crippen LogP contribution in [0, 0.1) is 0 Å². The van der Waals surface area contributed by atoms with Crippen molar-refractivity contribution < 1.29 is 18.7 Å². The topological polar surface area (TPSA) is 71.8 Å². The maximum atomic E-state index is 12.6. The van der Waals surface area contributed by atoms with Gasteiger partial charge in [-0.25, -0.2) is 0 Å². The zero-order valence-electron chi connectivity index (χ0n) is 15.4. The number of benzene rings is 1. The predicted molar refractivity (Wildman–Crippen MR) is 99.4 cm³/mol. The Morgan fingerprint density at radius 3 is 2.89 bits per heavy atom. The summed E-state index contributed by atoms with van der Waals surface area (Å²) in [5, 5.41) is 3.09. The van der Waals surface area contributed by atoms with Crippen molar-refractivity contribution in [1.29, 1.82) is 0 Å². The number of para-hydroxylation sites is 1. The minimum atomic E-state index is -0.449. The lowest BCUT2D eigenvalue weighted by Crippen LogP contribution is -2.46. The predicted octanol–water partition coefficient (Wildman–Crippen LogP) is 3.30. The second kappa shape index (κ2) is 7.10. The Morgan fingerprint density at radius 2 is 2.11 bits per heavy atom. The van der Waals surface area contributed by atoms with E-state index in [1.54, 1.807) is 12.1 Å². The third kappa shape index (κ3) is 3.44. The largest absolute Gasteiger partial charge is 0.487 e. The first kappa shape index (κ1) is 17.6. The quantitative estimate of drug-likeness (QED) is 0.902. The molecule has 142 valence electrons. The molecule has 0 radical (unpaired) electrons. The highest BCUT2D eigenvalue weighted by molar-refractivity contribution is 5.91. The molecule has 4 rings (SSSR count). The minimum Gasteiger partial charge on any atom is -0.487 e. The van der Waals surface area contributed by atoms with Gasteiger partial charge in [0.25, 0.3) is 5.91 Å². The Kier molecular flexibility index (Phi) is 4.64. The molecule has 6 nitrogen and oxygen atoms in total. The summed E-state index contributed by atoms with van der Waals surface area (Å²) in [5.41, 5.74) is 0.514. The van der Waals surface area contributed by atoms with Gasteiger partial charge in [-0.2, -0.15) is 0 Å². The SMILES string of the molecule is CCN1CC[C@]2(CCC1=O)C[C@@H](NC(=O)c1ccco1)c1ccccc1O2. The van der Waals surface area contributed by atoms with Crippen LogP contribution in [0.5, 0.6) is 5.75 Å². The first-order chi connectivity index (χ1) is 13.1. The fraction of sp³-hybridized carbons (Fsp3) is 0.429. The van der Waals surface area contributed by atoms with Crippen molar-refractivity contribution in [3.63, 3.8) is 0 Å². The van der Waals surface area contributed by atoms with E-state index in [0.29, 0.717) is 38.1 Å². The number of nitrogens with one attached hydrogen (secondary N) is 1. The number of rotatable bonds is 3. The maximum Gasteiger partial charge on any atom is 0.287 e. The fourth-order valence-electron chi connectivity index (χ4n) is 4.11. The van der Waals surface area contributed by atoms with Gasteiger partial charge in [-0.1, -0.05) is 18.2 Å². The normalized spacial score (nSPS) is 24.9. The van der Waals surface area contributed by atoms with Crippen LogP contribution in [-0.4, -0.2) is 35.4 Å². The van der Waals surface area contributed by atoms with Crippen molar-refractivity contribution in [3.8, 4) is 5.75 Å².